The van der Waals surface area contributed by atoms with E-state index in [1.807, 2.05) is 21.1 Å². The Bertz CT molecular complexity index is 817. The van der Waals surface area contributed by atoms with Gasteiger partial charge in [0.15, 0.2) is 0 Å². The van der Waals surface area contributed by atoms with Crippen molar-refractivity contribution in [1.82, 2.24) is 0 Å². The molecule has 0 N–H and O–H groups in total. The first-order valence-electron chi connectivity index (χ1n) is 20.9. The van der Waals surface area contributed by atoms with Crippen molar-refractivity contribution in [1.29, 1.82) is 0 Å². The molecule has 0 rings (SSSR count). The highest BCUT2D eigenvalue weighted by Gasteiger charge is 2.20. The molecule has 0 aromatic rings. The quantitative estimate of drug-likeness (QED) is 0.0204. The Morgan fingerprint density at radius 2 is 1.04 bits per heavy atom. The third kappa shape index (κ3) is 38.5. The highest BCUT2D eigenvalue weighted by Crippen LogP contribution is 2.38. The van der Waals surface area contributed by atoms with Crippen LogP contribution in [0.5, 0.6) is 0 Å². The second-order valence-corrected chi connectivity index (χ2v) is 16.8. The first kappa shape index (κ1) is 49.2. The van der Waals surface area contributed by atoms with Crippen molar-refractivity contribution < 1.29 is 37.3 Å². The maximum atomic E-state index is 12.6. The average molecular weight is 732 g/mol. The van der Waals surface area contributed by atoms with E-state index < -0.39 is 13.9 Å². The van der Waals surface area contributed by atoms with Gasteiger partial charge in [0.05, 0.1) is 34.4 Å². The van der Waals surface area contributed by atoms with Gasteiger partial charge >= 0.3 is 5.97 Å². The summed E-state index contributed by atoms with van der Waals surface area (Å²) in [7, 11) is 1.36. The van der Waals surface area contributed by atoms with E-state index in [1.54, 1.807) is 0 Å². The van der Waals surface area contributed by atoms with Crippen LogP contribution in [-0.4, -0.2) is 70.7 Å². The third-order valence-electron chi connectivity index (χ3n) is 9.07. The molecule has 9 heteroatoms. The maximum Gasteiger partial charge on any atom is 0.306 e. The van der Waals surface area contributed by atoms with E-state index in [0.29, 0.717) is 24.1 Å². The van der Waals surface area contributed by atoms with Crippen molar-refractivity contribution in [3.63, 3.8) is 0 Å². The van der Waals surface area contributed by atoms with Crippen LogP contribution in [-0.2, 0) is 27.9 Å². The normalized spacial score (nSPS) is 14.0. The van der Waals surface area contributed by atoms with Gasteiger partial charge in [0.2, 0.25) is 0 Å². The zero-order chi connectivity index (χ0) is 37.0. The number of quaternary nitrogens is 1. The number of rotatable bonds is 39. The van der Waals surface area contributed by atoms with Gasteiger partial charge in [-0.15, -0.1) is 0 Å². The molecule has 0 heterocycles. The molecule has 0 aliphatic rings. The topological polar surface area (TPSA) is 94.1 Å². The van der Waals surface area contributed by atoms with Crippen molar-refractivity contribution in [3.8, 4) is 0 Å². The van der Waals surface area contributed by atoms with E-state index in [-0.39, 0.29) is 25.8 Å². The first-order valence-corrected chi connectivity index (χ1v) is 22.4. The van der Waals surface area contributed by atoms with Gasteiger partial charge < -0.3 is 27.9 Å². The first-order chi connectivity index (χ1) is 24.1. The van der Waals surface area contributed by atoms with Gasteiger partial charge in [0, 0.05) is 13.0 Å². The van der Waals surface area contributed by atoms with Crippen molar-refractivity contribution in [2.24, 2.45) is 0 Å². The second-order valence-electron chi connectivity index (χ2n) is 15.4. The number of carbonyl (C=O) groups is 1. The largest absolute Gasteiger partial charge is 0.756 e. The van der Waals surface area contributed by atoms with Gasteiger partial charge in [-0.05, 0) is 38.5 Å². The van der Waals surface area contributed by atoms with Crippen LogP contribution in [0.15, 0.2) is 12.2 Å². The van der Waals surface area contributed by atoms with E-state index >= 15 is 0 Å². The minimum atomic E-state index is -4.52. The smallest absolute Gasteiger partial charge is 0.306 e. The minimum Gasteiger partial charge on any atom is -0.756 e. The predicted molar refractivity (Wildman–Crippen MR) is 208 cm³/mol. The fourth-order valence-electron chi connectivity index (χ4n) is 5.78. The van der Waals surface area contributed by atoms with Crippen molar-refractivity contribution in [2.45, 2.75) is 193 Å². The van der Waals surface area contributed by atoms with E-state index in [2.05, 4.69) is 26.0 Å². The number of phosphoric acid groups is 1. The fourth-order valence-corrected chi connectivity index (χ4v) is 6.50. The highest BCUT2D eigenvalue weighted by molar-refractivity contribution is 7.45. The van der Waals surface area contributed by atoms with Crippen molar-refractivity contribution in [3.05, 3.63) is 12.2 Å². The number of allylic oxidation sites excluding steroid dienone is 2. The molecule has 0 aliphatic carbocycles. The third-order valence-corrected chi connectivity index (χ3v) is 10.0. The van der Waals surface area contributed by atoms with Crippen LogP contribution in [0.25, 0.3) is 0 Å². The Morgan fingerprint density at radius 1 is 0.600 bits per heavy atom. The van der Waals surface area contributed by atoms with E-state index in [0.717, 1.165) is 32.1 Å². The number of unbranched alkanes of at least 4 members (excludes halogenated alkanes) is 23. The number of carbonyl (C=O) groups excluding carboxylic acids is 1. The van der Waals surface area contributed by atoms with E-state index in [1.165, 1.54) is 135 Å². The summed E-state index contributed by atoms with van der Waals surface area (Å²) >= 11 is 0. The number of hydrogen-bond acceptors (Lipinski definition) is 7. The van der Waals surface area contributed by atoms with Gasteiger partial charge in [-0.25, -0.2) is 0 Å². The number of ether oxygens (including phenoxy) is 2. The molecule has 0 bridgehead atoms. The fraction of sp³-hybridized carbons (Fsp3) is 0.927. The summed E-state index contributed by atoms with van der Waals surface area (Å²) in [5, 5.41) is 0. The summed E-state index contributed by atoms with van der Waals surface area (Å²) in [6.45, 7) is 5.41. The lowest BCUT2D eigenvalue weighted by Crippen LogP contribution is -2.37. The Balaban J connectivity index is 4.25. The van der Waals surface area contributed by atoms with Crippen LogP contribution in [0.1, 0.15) is 187 Å². The molecule has 0 saturated heterocycles. The molecule has 0 aliphatic heterocycles. The average Bonchev–Trinajstić information content (AvgIpc) is 3.06. The molecular formula is C41H82NO7P. The van der Waals surface area contributed by atoms with Crippen LogP contribution in [0, 0.1) is 0 Å². The molecule has 50 heavy (non-hydrogen) atoms. The zero-order valence-electron chi connectivity index (χ0n) is 33.6. The molecular weight excluding hydrogens is 649 g/mol. The van der Waals surface area contributed by atoms with Gasteiger partial charge in [-0.2, -0.15) is 0 Å². The minimum absolute atomic E-state index is 0.0279. The standard InChI is InChI=1S/C41H82NO7P/c1-6-8-10-12-14-16-18-20-21-23-25-27-29-31-33-36-46-38-40(39-48-50(44,45)47-37-35-42(3,4)5)49-41(43)34-32-30-28-26-24-22-19-17-15-13-11-9-7-2/h18,20,40H,6-17,19,21-39H2,1-5H3/b20-18-. The Labute approximate surface area is 310 Å². The Morgan fingerprint density at radius 3 is 1.52 bits per heavy atom. The predicted octanol–water partition coefficient (Wildman–Crippen LogP) is 11.3. The van der Waals surface area contributed by atoms with Gasteiger partial charge in [-0.3, -0.25) is 9.36 Å². The lowest BCUT2D eigenvalue weighted by molar-refractivity contribution is -0.870. The number of hydrogen-bond donors (Lipinski definition) is 0. The van der Waals surface area contributed by atoms with Crippen LogP contribution >= 0.6 is 7.82 Å². The van der Waals surface area contributed by atoms with Crippen molar-refractivity contribution >= 4 is 13.8 Å². The molecule has 2 unspecified atom stereocenters. The summed E-state index contributed by atoms with van der Waals surface area (Å²) in [5.74, 6) is -0.334. The summed E-state index contributed by atoms with van der Waals surface area (Å²) in [5.41, 5.74) is 0. The summed E-state index contributed by atoms with van der Waals surface area (Å²) in [4.78, 5) is 25.0. The summed E-state index contributed by atoms with van der Waals surface area (Å²) in [6, 6.07) is 0. The van der Waals surface area contributed by atoms with E-state index in [4.69, 9.17) is 18.5 Å². The second kappa shape index (κ2) is 35.3. The van der Waals surface area contributed by atoms with Crippen molar-refractivity contribution in [2.75, 3.05) is 54.1 Å². The van der Waals surface area contributed by atoms with Gasteiger partial charge in [0.25, 0.3) is 7.82 Å². The Hall–Kier alpha value is -0.760. The maximum absolute atomic E-state index is 12.6. The lowest BCUT2D eigenvalue weighted by atomic mass is 10.0. The highest BCUT2D eigenvalue weighted by atomic mass is 31.2. The molecule has 298 valence electrons. The zero-order valence-corrected chi connectivity index (χ0v) is 34.5. The van der Waals surface area contributed by atoms with Gasteiger partial charge in [-0.1, -0.05) is 154 Å². The molecule has 2 atom stereocenters. The van der Waals surface area contributed by atoms with Crippen LogP contribution in [0.3, 0.4) is 0 Å². The summed E-state index contributed by atoms with van der Waals surface area (Å²) < 4.78 is 34.5. The van der Waals surface area contributed by atoms with Crippen LogP contribution in [0.2, 0.25) is 0 Å². The van der Waals surface area contributed by atoms with Gasteiger partial charge in [0.1, 0.15) is 19.3 Å². The van der Waals surface area contributed by atoms with Crippen LogP contribution < -0.4 is 4.89 Å². The van der Waals surface area contributed by atoms with E-state index in [9.17, 15) is 14.3 Å². The number of likely N-dealkylation sites (N-methyl/N-ethyl adjacent to an activating group) is 1. The molecule has 8 nitrogen and oxygen atoms in total. The molecule has 0 saturated carbocycles. The monoisotopic (exact) mass is 732 g/mol. The number of phosphoric ester groups is 1. The number of nitrogens with zero attached hydrogens (tertiary/aromatic N) is 1. The Kier molecular flexibility index (Phi) is 34.7. The number of esters is 1. The molecule has 0 radical (unpaired) electrons. The van der Waals surface area contributed by atoms with Crippen LogP contribution in [0.4, 0.5) is 0 Å². The summed E-state index contributed by atoms with van der Waals surface area (Å²) in [6.07, 6.45) is 36.4. The SMILES string of the molecule is CCCCCCC/C=C\CCCCCCCCOCC(COP(=O)([O-])OCC[N+](C)(C)C)OC(=O)CCCCCCCCCCCCCCC. The molecule has 0 aromatic carbocycles. The molecule has 0 amide bonds. The molecule has 0 fully saturated rings. The lowest BCUT2D eigenvalue weighted by Gasteiger charge is -2.28. The molecule has 0 aromatic heterocycles. The molecule has 0 spiro atoms.